The molecule has 1 fully saturated rings. The summed E-state index contributed by atoms with van der Waals surface area (Å²) in [5.74, 6) is 0.577. The van der Waals surface area contributed by atoms with Gasteiger partial charge in [0, 0.05) is 24.2 Å². The number of hydrogen-bond donors (Lipinski definition) is 0. The van der Waals surface area contributed by atoms with E-state index >= 15 is 0 Å². The van der Waals surface area contributed by atoms with Crippen molar-refractivity contribution in [1.29, 1.82) is 0 Å². The molecule has 1 aliphatic rings. The van der Waals surface area contributed by atoms with Crippen molar-refractivity contribution < 1.29 is 23.8 Å². The number of carbonyl (C=O) groups excluding carboxylic acids is 2. The summed E-state index contributed by atoms with van der Waals surface area (Å²) < 4.78 is 15.6. The third-order valence-electron chi connectivity index (χ3n) is 4.85. The molecule has 0 spiro atoms. The molecule has 1 amide bonds. The van der Waals surface area contributed by atoms with Gasteiger partial charge in [-0.25, -0.2) is 4.79 Å². The SMILES string of the molecule is CCN(C(=O)COC(=O)/C=C\c1cc(OC)ccc1OC)C1CCCCC1. The molecule has 0 unspecified atom stereocenters. The first-order chi connectivity index (χ1) is 13.1. The summed E-state index contributed by atoms with van der Waals surface area (Å²) in [5, 5.41) is 0. The lowest BCUT2D eigenvalue weighted by Crippen LogP contribution is -2.43. The van der Waals surface area contributed by atoms with Crippen molar-refractivity contribution in [2.45, 2.75) is 45.1 Å². The Morgan fingerprint density at radius 2 is 1.89 bits per heavy atom. The number of benzene rings is 1. The smallest absolute Gasteiger partial charge is 0.331 e. The Bertz CT molecular complexity index is 665. The van der Waals surface area contributed by atoms with Gasteiger partial charge >= 0.3 is 5.97 Å². The molecule has 6 heteroatoms. The summed E-state index contributed by atoms with van der Waals surface area (Å²) in [6, 6.07) is 5.57. The number of carbonyl (C=O) groups is 2. The molecule has 1 saturated carbocycles. The normalized spacial score (nSPS) is 14.8. The molecule has 0 radical (unpaired) electrons. The molecule has 1 aromatic carbocycles. The molecule has 0 heterocycles. The standard InChI is InChI=1S/C21H29NO5/c1-4-22(17-8-6-5-7-9-17)20(23)15-27-21(24)13-10-16-14-18(25-2)11-12-19(16)26-3/h10-14,17H,4-9,15H2,1-3H3/b13-10-. The van der Waals surface area contributed by atoms with E-state index in [-0.39, 0.29) is 18.6 Å². The van der Waals surface area contributed by atoms with Crippen molar-refractivity contribution in [1.82, 2.24) is 4.90 Å². The van der Waals surface area contributed by atoms with Gasteiger partial charge in [0.2, 0.25) is 0 Å². The van der Waals surface area contributed by atoms with Gasteiger partial charge in [-0.2, -0.15) is 0 Å². The van der Waals surface area contributed by atoms with Crippen molar-refractivity contribution in [2.75, 3.05) is 27.4 Å². The lowest BCUT2D eigenvalue weighted by atomic mass is 9.94. The Labute approximate surface area is 161 Å². The lowest BCUT2D eigenvalue weighted by molar-refractivity contribution is -0.149. The number of methoxy groups -OCH3 is 2. The summed E-state index contributed by atoms with van der Waals surface area (Å²) >= 11 is 0. The zero-order valence-electron chi connectivity index (χ0n) is 16.4. The van der Waals surface area contributed by atoms with E-state index in [9.17, 15) is 9.59 Å². The third-order valence-corrected chi connectivity index (χ3v) is 4.85. The van der Waals surface area contributed by atoms with E-state index in [0.29, 0.717) is 23.6 Å². The maximum absolute atomic E-state index is 12.4. The number of likely N-dealkylation sites (N-methyl/N-ethyl adjacent to an activating group) is 1. The van der Waals surface area contributed by atoms with Gasteiger partial charge in [0.05, 0.1) is 14.2 Å². The molecule has 0 atom stereocenters. The maximum atomic E-state index is 12.4. The number of nitrogens with zero attached hydrogens (tertiary/aromatic N) is 1. The zero-order chi connectivity index (χ0) is 19.6. The first-order valence-corrected chi connectivity index (χ1v) is 9.45. The average Bonchev–Trinajstić information content (AvgIpc) is 2.71. The number of esters is 1. The van der Waals surface area contributed by atoms with Gasteiger partial charge in [-0.3, -0.25) is 4.79 Å². The van der Waals surface area contributed by atoms with E-state index in [1.54, 1.807) is 38.5 Å². The largest absolute Gasteiger partial charge is 0.497 e. The quantitative estimate of drug-likeness (QED) is 0.514. The Balaban J connectivity index is 1.91. The Morgan fingerprint density at radius 1 is 1.15 bits per heavy atom. The highest BCUT2D eigenvalue weighted by atomic mass is 16.5. The van der Waals surface area contributed by atoms with E-state index in [4.69, 9.17) is 14.2 Å². The fraction of sp³-hybridized carbons (Fsp3) is 0.524. The number of ether oxygens (including phenoxy) is 3. The summed E-state index contributed by atoms with van der Waals surface area (Å²) in [6.07, 6.45) is 8.48. The molecule has 1 aromatic rings. The summed E-state index contributed by atoms with van der Waals surface area (Å²) in [7, 11) is 3.13. The van der Waals surface area contributed by atoms with E-state index < -0.39 is 5.97 Å². The van der Waals surface area contributed by atoms with Crippen LogP contribution in [0.3, 0.4) is 0 Å². The molecular formula is C21H29NO5. The Hall–Kier alpha value is -2.50. The second kappa shape index (κ2) is 10.6. The van der Waals surface area contributed by atoms with Crippen molar-refractivity contribution >= 4 is 18.0 Å². The molecule has 0 aliphatic heterocycles. The van der Waals surface area contributed by atoms with Crippen LogP contribution in [0.2, 0.25) is 0 Å². The van der Waals surface area contributed by atoms with Crippen LogP contribution >= 0.6 is 0 Å². The van der Waals surface area contributed by atoms with Gasteiger partial charge < -0.3 is 19.1 Å². The number of amides is 1. The van der Waals surface area contributed by atoms with Crippen molar-refractivity contribution in [3.8, 4) is 11.5 Å². The van der Waals surface area contributed by atoms with Crippen molar-refractivity contribution in [2.24, 2.45) is 0 Å². The van der Waals surface area contributed by atoms with Crippen LogP contribution in [0.15, 0.2) is 24.3 Å². The number of hydrogen-bond acceptors (Lipinski definition) is 5. The minimum absolute atomic E-state index is 0.134. The highest BCUT2D eigenvalue weighted by Gasteiger charge is 2.24. The van der Waals surface area contributed by atoms with Crippen LogP contribution in [0, 0.1) is 0 Å². The molecule has 6 nitrogen and oxygen atoms in total. The monoisotopic (exact) mass is 375 g/mol. The first kappa shape index (κ1) is 20.8. The van der Waals surface area contributed by atoms with Gasteiger partial charge in [-0.15, -0.1) is 0 Å². The van der Waals surface area contributed by atoms with E-state index in [1.165, 1.54) is 12.5 Å². The van der Waals surface area contributed by atoms with Gasteiger partial charge in [0.15, 0.2) is 6.61 Å². The molecule has 148 valence electrons. The molecule has 0 N–H and O–H groups in total. The Morgan fingerprint density at radius 3 is 2.52 bits per heavy atom. The van der Waals surface area contributed by atoms with Gasteiger partial charge in [-0.05, 0) is 44.0 Å². The predicted octanol–water partition coefficient (Wildman–Crippen LogP) is 3.44. The molecule has 0 saturated heterocycles. The van der Waals surface area contributed by atoms with E-state index in [0.717, 1.165) is 25.7 Å². The lowest BCUT2D eigenvalue weighted by Gasteiger charge is -2.33. The average molecular weight is 375 g/mol. The number of rotatable bonds is 8. The van der Waals surface area contributed by atoms with Crippen molar-refractivity contribution in [3.63, 3.8) is 0 Å². The van der Waals surface area contributed by atoms with Crippen LogP contribution in [0.25, 0.3) is 6.08 Å². The molecule has 1 aliphatic carbocycles. The van der Waals surface area contributed by atoms with Crippen LogP contribution in [-0.2, 0) is 14.3 Å². The van der Waals surface area contributed by atoms with Gasteiger partial charge in [0.1, 0.15) is 11.5 Å². The van der Waals surface area contributed by atoms with Gasteiger partial charge in [0.25, 0.3) is 5.91 Å². The highest BCUT2D eigenvalue weighted by molar-refractivity contribution is 5.89. The second-order valence-corrected chi connectivity index (χ2v) is 6.52. The third kappa shape index (κ3) is 6.01. The van der Waals surface area contributed by atoms with Crippen LogP contribution in [0.4, 0.5) is 0 Å². The van der Waals surface area contributed by atoms with E-state index in [1.807, 2.05) is 11.8 Å². The first-order valence-electron chi connectivity index (χ1n) is 9.45. The molecular weight excluding hydrogens is 346 g/mol. The zero-order valence-corrected chi connectivity index (χ0v) is 16.4. The molecule has 27 heavy (non-hydrogen) atoms. The van der Waals surface area contributed by atoms with Crippen LogP contribution < -0.4 is 9.47 Å². The molecule has 2 rings (SSSR count). The predicted molar refractivity (Wildman–Crippen MR) is 104 cm³/mol. The van der Waals surface area contributed by atoms with Crippen molar-refractivity contribution in [3.05, 3.63) is 29.8 Å². The fourth-order valence-electron chi connectivity index (χ4n) is 3.42. The molecule has 0 bridgehead atoms. The maximum Gasteiger partial charge on any atom is 0.331 e. The topological polar surface area (TPSA) is 65.1 Å². The van der Waals surface area contributed by atoms with Crippen LogP contribution in [0.5, 0.6) is 11.5 Å². The van der Waals surface area contributed by atoms with Crippen LogP contribution in [-0.4, -0.2) is 50.2 Å². The van der Waals surface area contributed by atoms with Crippen LogP contribution in [0.1, 0.15) is 44.6 Å². The molecule has 0 aromatic heterocycles. The second-order valence-electron chi connectivity index (χ2n) is 6.52. The highest BCUT2D eigenvalue weighted by Crippen LogP contribution is 2.25. The Kier molecular flexibility index (Phi) is 8.17. The fourth-order valence-corrected chi connectivity index (χ4v) is 3.42. The van der Waals surface area contributed by atoms with E-state index in [2.05, 4.69) is 0 Å². The van der Waals surface area contributed by atoms with Gasteiger partial charge in [-0.1, -0.05) is 19.3 Å². The minimum atomic E-state index is -0.562. The summed E-state index contributed by atoms with van der Waals surface area (Å²) in [6.45, 7) is 2.37. The summed E-state index contributed by atoms with van der Waals surface area (Å²) in [4.78, 5) is 26.3. The minimum Gasteiger partial charge on any atom is -0.497 e. The summed E-state index contributed by atoms with van der Waals surface area (Å²) in [5.41, 5.74) is 0.692.